The van der Waals surface area contributed by atoms with Crippen molar-refractivity contribution in [1.82, 2.24) is 25.3 Å². The van der Waals surface area contributed by atoms with Crippen LogP contribution in [0.25, 0.3) is 11.4 Å². The van der Waals surface area contributed by atoms with Crippen molar-refractivity contribution in [3.63, 3.8) is 0 Å². The molecule has 1 unspecified atom stereocenters. The third kappa shape index (κ3) is 5.80. The van der Waals surface area contributed by atoms with Crippen LogP contribution >= 0.6 is 11.6 Å². The smallest absolute Gasteiger partial charge is 0.241 e. The van der Waals surface area contributed by atoms with E-state index in [2.05, 4.69) is 25.3 Å². The minimum atomic E-state index is 0.0286. The summed E-state index contributed by atoms with van der Waals surface area (Å²) in [6.07, 6.45) is 5.58. The van der Waals surface area contributed by atoms with Crippen LogP contribution in [0.1, 0.15) is 38.0 Å². The van der Waals surface area contributed by atoms with E-state index < -0.39 is 0 Å². The minimum absolute atomic E-state index is 0.0286. The highest BCUT2D eigenvalue weighted by atomic mass is 35.5. The van der Waals surface area contributed by atoms with E-state index in [1.165, 1.54) is 25.9 Å². The lowest BCUT2D eigenvalue weighted by Crippen LogP contribution is -2.43. The van der Waals surface area contributed by atoms with Crippen molar-refractivity contribution in [1.29, 1.82) is 0 Å². The summed E-state index contributed by atoms with van der Waals surface area (Å²) in [7, 11) is 0. The maximum absolute atomic E-state index is 12.6. The molecule has 4 rings (SSSR count). The van der Waals surface area contributed by atoms with Gasteiger partial charge in [0.2, 0.25) is 17.6 Å². The van der Waals surface area contributed by atoms with Crippen LogP contribution < -0.4 is 5.32 Å². The quantitative estimate of drug-likeness (QED) is 0.647. The van der Waals surface area contributed by atoms with Gasteiger partial charge in [0.05, 0.1) is 12.5 Å². The Morgan fingerprint density at radius 3 is 2.87 bits per heavy atom. The predicted octanol–water partition coefficient (Wildman–Crippen LogP) is 3.20. The number of carbonyl (C=O) groups excluding carboxylic acids is 1. The number of amides is 1. The molecule has 1 atom stereocenters. The Morgan fingerprint density at radius 1 is 1.20 bits per heavy atom. The van der Waals surface area contributed by atoms with Crippen molar-refractivity contribution in [3.8, 4) is 11.4 Å². The lowest BCUT2D eigenvalue weighted by Gasteiger charge is -2.30. The first kappa shape index (κ1) is 21.3. The number of hydrogen-bond acceptors (Lipinski definition) is 6. The number of carbonyl (C=O) groups is 1. The number of rotatable bonds is 8. The summed E-state index contributed by atoms with van der Waals surface area (Å²) in [6, 6.07) is 7.41. The molecule has 7 nitrogen and oxygen atoms in total. The highest BCUT2D eigenvalue weighted by Gasteiger charge is 2.26. The summed E-state index contributed by atoms with van der Waals surface area (Å²) >= 11 is 6.05. The Hall–Kier alpha value is -1.96. The summed E-state index contributed by atoms with van der Waals surface area (Å²) in [4.78, 5) is 21.8. The maximum Gasteiger partial charge on any atom is 0.241 e. The molecular formula is C22H30ClN5O2. The van der Waals surface area contributed by atoms with Gasteiger partial charge in [-0.05, 0) is 70.4 Å². The standard InChI is InChI=1S/C22H30ClN5O2/c23-19-8-3-6-17(14-19)21-25-20(30-26-21)16-28-12-4-7-18(15-28)22(29)24-9-5-13-27-10-1-2-11-27/h3,6,8,14,18H,1-2,4-5,7,9-13,15-16H2,(H,24,29). The average Bonchev–Trinajstić information content (AvgIpc) is 3.43. The molecule has 8 heteroatoms. The van der Waals surface area contributed by atoms with E-state index in [4.69, 9.17) is 16.1 Å². The zero-order valence-corrected chi connectivity index (χ0v) is 18.1. The van der Waals surface area contributed by atoms with Gasteiger partial charge in [0.1, 0.15) is 0 Å². The zero-order chi connectivity index (χ0) is 20.8. The Labute approximate surface area is 182 Å². The van der Waals surface area contributed by atoms with Gasteiger partial charge in [-0.25, -0.2) is 0 Å². The van der Waals surface area contributed by atoms with E-state index in [9.17, 15) is 4.79 Å². The third-order valence-electron chi connectivity index (χ3n) is 5.94. The van der Waals surface area contributed by atoms with Crippen LogP contribution in [0.3, 0.4) is 0 Å². The van der Waals surface area contributed by atoms with Crippen molar-refractivity contribution >= 4 is 17.5 Å². The highest BCUT2D eigenvalue weighted by molar-refractivity contribution is 6.30. The molecule has 0 spiro atoms. The summed E-state index contributed by atoms with van der Waals surface area (Å²) in [5.41, 5.74) is 0.835. The van der Waals surface area contributed by atoms with Gasteiger partial charge >= 0.3 is 0 Å². The zero-order valence-electron chi connectivity index (χ0n) is 17.4. The van der Waals surface area contributed by atoms with Crippen LogP contribution in [-0.4, -0.2) is 65.1 Å². The molecule has 30 heavy (non-hydrogen) atoms. The van der Waals surface area contributed by atoms with E-state index >= 15 is 0 Å². The number of benzene rings is 1. The van der Waals surface area contributed by atoms with Crippen molar-refractivity contribution in [3.05, 3.63) is 35.2 Å². The van der Waals surface area contributed by atoms with Crippen molar-refractivity contribution in [2.24, 2.45) is 5.92 Å². The molecular weight excluding hydrogens is 402 g/mol. The Morgan fingerprint density at radius 2 is 2.03 bits per heavy atom. The Balaban J connectivity index is 1.23. The molecule has 0 saturated carbocycles. The second kappa shape index (κ2) is 10.4. The van der Waals surface area contributed by atoms with Gasteiger partial charge in [-0.3, -0.25) is 9.69 Å². The van der Waals surface area contributed by atoms with E-state index in [1.54, 1.807) is 0 Å². The van der Waals surface area contributed by atoms with Gasteiger partial charge in [-0.2, -0.15) is 4.98 Å². The molecule has 1 aromatic heterocycles. The van der Waals surface area contributed by atoms with Crippen LogP contribution in [-0.2, 0) is 11.3 Å². The summed E-state index contributed by atoms with van der Waals surface area (Å²) < 4.78 is 5.43. The fourth-order valence-corrected chi connectivity index (χ4v) is 4.52. The van der Waals surface area contributed by atoms with E-state index in [0.29, 0.717) is 23.3 Å². The number of piperidine rings is 1. The molecule has 0 radical (unpaired) electrons. The molecule has 2 aliphatic heterocycles. The molecule has 162 valence electrons. The van der Waals surface area contributed by atoms with Crippen LogP contribution in [0, 0.1) is 5.92 Å². The first-order valence-electron chi connectivity index (χ1n) is 11.0. The molecule has 1 amide bonds. The van der Waals surface area contributed by atoms with Crippen LogP contribution in [0.4, 0.5) is 0 Å². The number of aromatic nitrogens is 2. The predicted molar refractivity (Wildman–Crippen MR) is 116 cm³/mol. The van der Waals surface area contributed by atoms with Gasteiger partial charge in [-0.15, -0.1) is 0 Å². The Kier molecular flexibility index (Phi) is 7.36. The van der Waals surface area contributed by atoms with Gasteiger partial charge in [0.15, 0.2) is 0 Å². The lowest BCUT2D eigenvalue weighted by atomic mass is 9.97. The minimum Gasteiger partial charge on any atom is -0.356 e. The number of likely N-dealkylation sites (tertiary alicyclic amines) is 2. The SMILES string of the molecule is O=C(NCCCN1CCCC1)C1CCCN(Cc2nc(-c3cccc(Cl)c3)no2)C1. The molecule has 0 aliphatic carbocycles. The van der Waals surface area contributed by atoms with Crippen molar-refractivity contribution in [2.45, 2.75) is 38.6 Å². The highest BCUT2D eigenvalue weighted by Crippen LogP contribution is 2.22. The van der Waals surface area contributed by atoms with E-state index in [0.717, 1.165) is 51.0 Å². The third-order valence-corrected chi connectivity index (χ3v) is 6.17. The lowest BCUT2D eigenvalue weighted by molar-refractivity contribution is -0.126. The topological polar surface area (TPSA) is 74.5 Å². The van der Waals surface area contributed by atoms with E-state index in [1.807, 2.05) is 24.3 Å². The fraction of sp³-hybridized carbons (Fsp3) is 0.591. The largest absolute Gasteiger partial charge is 0.356 e. The molecule has 2 fully saturated rings. The van der Waals surface area contributed by atoms with Crippen molar-refractivity contribution < 1.29 is 9.32 Å². The molecule has 2 aliphatic rings. The van der Waals surface area contributed by atoms with Gasteiger partial charge in [0, 0.05) is 23.7 Å². The second-order valence-electron chi connectivity index (χ2n) is 8.29. The van der Waals surface area contributed by atoms with Crippen LogP contribution in [0.2, 0.25) is 5.02 Å². The van der Waals surface area contributed by atoms with Crippen LogP contribution in [0.15, 0.2) is 28.8 Å². The summed E-state index contributed by atoms with van der Waals surface area (Å²) in [6.45, 7) is 6.49. The number of nitrogens with one attached hydrogen (secondary N) is 1. The Bertz CT molecular complexity index is 836. The van der Waals surface area contributed by atoms with E-state index in [-0.39, 0.29) is 11.8 Å². The molecule has 0 bridgehead atoms. The van der Waals surface area contributed by atoms with Crippen LogP contribution in [0.5, 0.6) is 0 Å². The first-order chi connectivity index (χ1) is 14.7. The molecule has 2 saturated heterocycles. The van der Waals surface area contributed by atoms with Gasteiger partial charge < -0.3 is 14.7 Å². The monoisotopic (exact) mass is 431 g/mol. The number of halogens is 1. The fourth-order valence-electron chi connectivity index (χ4n) is 4.33. The average molecular weight is 432 g/mol. The summed E-state index contributed by atoms with van der Waals surface area (Å²) in [5.74, 6) is 1.31. The molecule has 2 aromatic rings. The second-order valence-corrected chi connectivity index (χ2v) is 8.73. The molecule has 3 heterocycles. The molecule has 1 aromatic carbocycles. The molecule has 1 N–H and O–H groups in total. The normalized spacial score (nSPS) is 20.5. The van der Waals surface area contributed by atoms with Gasteiger partial charge in [0.25, 0.3) is 0 Å². The van der Waals surface area contributed by atoms with Crippen molar-refractivity contribution in [2.75, 3.05) is 39.3 Å². The summed E-state index contributed by atoms with van der Waals surface area (Å²) in [5, 5.41) is 7.85. The maximum atomic E-state index is 12.6. The first-order valence-corrected chi connectivity index (χ1v) is 11.4. The van der Waals surface area contributed by atoms with Gasteiger partial charge in [-0.1, -0.05) is 28.9 Å². The number of nitrogens with zero attached hydrogens (tertiary/aromatic N) is 4. The number of hydrogen-bond donors (Lipinski definition) is 1.